The summed E-state index contributed by atoms with van der Waals surface area (Å²) in [4.78, 5) is 39.0. The summed E-state index contributed by atoms with van der Waals surface area (Å²) < 4.78 is 4.65. The van der Waals surface area contributed by atoms with Crippen LogP contribution in [0.4, 0.5) is 5.69 Å². The fourth-order valence-electron chi connectivity index (χ4n) is 3.37. The van der Waals surface area contributed by atoms with Crippen LogP contribution in [0.1, 0.15) is 47.6 Å². The third kappa shape index (κ3) is 4.39. The van der Waals surface area contributed by atoms with Gasteiger partial charge in [0.1, 0.15) is 6.04 Å². The molecular formula is C22H24N2O4. The lowest BCUT2D eigenvalue weighted by molar-refractivity contribution is -0.140. The molecule has 0 radical (unpaired) electrons. The van der Waals surface area contributed by atoms with E-state index in [-0.39, 0.29) is 17.8 Å². The maximum Gasteiger partial charge on any atom is 0.305 e. The first-order valence-corrected chi connectivity index (χ1v) is 9.45. The number of nitrogens with zero attached hydrogens (tertiary/aromatic N) is 1. The normalized spacial score (nSPS) is 16.2. The first-order chi connectivity index (χ1) is 13.6. The average molecular weight is 380 g/mol. The van der Waals surface area contributed by atoms with Crippen LogP contribution in [-0.2, 0) is 14.3 Å². The molecule has 1 unspecified atom stereocenters. The van der Waals surface area contributed by atoms with Crippen molar-refractivity contribution in [2.75, 3.05) is 18.6 Å². The van der Waals surface area contributed by atoms with Gasteiger partial charge < -0.3 is 15.0 Å². The minimum atomic E-state index is -0.726. The van der Waals surface area contributed by atoms with E-state index in [0.717, 1.165) is 18.4 Å². The van der Waals surface area contributed by atoms with Gasteiger partial charge in [-0.1, -0.05) is 48.9 Å². The second-order valence-electron chi connectivity index (χ2n) is 6.71. The smallest absolute Gasteiger partial charge is 0.305 e. The summed E-state index contributed by atoms with van der Waals surface area (Å²) >= 11 is 0. The standard InChI is InChI=1S/C22H24N2O4/c1-28-19(25)14-6-3-9-15-24-18-13-8-7-12-17(18)21(26)23-20(22(24)27)16-10-4-2-5-11-16/h2,4-5,7-8,10-13,20H,3,6,9,14-15H2,1H3,(H,23,26). The molecule has 2 aromatic rings. The first kappa shape index (κ1) is 19.6. The van der Waals surface area contributed by atoms with E-state index in [1.54, 1.807) is 23.1 Å². The second-order valence-corrected chi connectivity index (χ2v) is 6.71. The average Bonchev–Trinajstić information content (AvgIpc) is 2.84. The van der Waals surface area contributed by atoms with Gasteiger partial charge in [0.15, 0.2) is 0 Å². The van der Waals surface area contributed by atoms with E-state index >= 15 is 0 Å². The summed E-state index contributed by atoms with van der Waals surface area (Å²) in [5.41, 5.74) is 1.87. The van der Waals surface area contributed by atoms with Gasteiger partial charge in [-0.05, 0) is 30.5 Å². The molecule has 1 aliphatic rings. The number of methoxy groups -OCH3 is 1. The van der Waals surface area contributed by atoms with Crippen molar-refractivity contribution in [1.29, 1.82) is 0 Å². The van der Waals surface area contributed by atoms with Gasteiger partial charge in [0.25, 0.3) is 11.8 Å². The topological polar surface area (TPSA) is 75.7 Å². The summed E-state index contributed by atoms with van der Waals surface area (Å²) in [5.74, 6) is -0.640. The number of ether oxygens (including phenoxy) is 1. The number of carbonyl (C=O) groups excluding carboxylic acids is 3. The van der Waals surface area contributed by atoms with Crippen molar-refractivity contribution in [3.8, 4) is 0 Å². The predicted octanol–water partition coefficient (Wildman–Crippen LogP) is 3.24. The van der Waals surface area contributed by atoms with E-state index in [9.17, 15) is 14.4 Å². The molecule has 0 fully saturated rings. The Labute approximate surface area is 164 Å². The number of nitrogens with one attached hydrogen (secondary N) is 1. The van der Waals surface area contributed by atoms with E-state index in [1.807, 2.05) is 36.4 Å². The van der Waals surface area contributed by atoms with E-state index in [0.29, 0.717) is 30.6 Å². The first-order valence-electron chi connectivity index (χ1n) is 9.45. The van der Waals surface area contributed by atoms with Crippen molar-refractivity contribution in [1.82, 2.24) is 5.32 Å². The Hall–Kier alpha value is -3.15. The van der Waals surface area contributed by atoms with Crippen LogP contribution in [0.15, 0.2) is 54.6 Å². The van der Waals surface area contributed by atoms with Gasteiger partial charge in [0.2, 0.25) is 0 Å². The molecule has 0 bridgehead atoms. The zero-order valence-electron chi connectivity index (χ0n) is 15.9. The Kier molecular flexibility index (Phi) is 6.42. The molecule has 0 saturated heterocycles. The van der Waals surface area contributed by atoms with Gasteiger partial charge in [-0.3, -0.25) is 14.4 Å². The maximum absolute atomic E-state index is 13.3. The molecule has 28 heavy (non-hydrogen) atoms. The fraction of sp³-hybridized carbons (Fsp3) is 0.318. The maximum atomic E-state index is 13.3. The van der Waals surface area contributed by atoms with Gasteiger partial charge in [0.05, 0.1) is 18.4 Å². The minimum Gasteiger partial charge on any atom is -0.469 e. The number of esters is 1. The lowest BCUT2D eigenvalue weighted by Crippen LogP contribution is -2.40. The molecule has 0 spiro atoms. The van der Waals surface area contributed by atoms with Gasteiger partial charge in [-0.2, -0.15) is 0 Å². The van der Waals surface area contributed by atoms with Crippen molar-refractivity contribution in [2.45, 2.75) is 31.7 Å². The highest BCUT2D eigenvalue weighted by atomic mass is 16.5. The molecule has 1 heterocycles. The summed E-state index contributed by atoms with van der Waals surface area (Å²) in [6.07, 6.45) is 2.59. The van der Waals surface area contributed by atoms with Crippen LogP contribution >= 0.6 is 0 Å². The Morgan fingerprint density at radius 3 is 2.46 bits per heavy atom. The van der Waals surface area contributed by atoms with E-state index in [2.05, 4.69) is 10.1 Å². The van der Waals surface area contributed by atoms with Crippen molar-refractivity contribution in [2.24, 2.45) is 0 Å². The van der Waals surface area contributed by atoms with Crippen LogP contribution in [0, 0.1) is 0 Å². The van der Waals surface area contributed by atoms with Crippen LogP contribution in [0.3, 0.4) is 0 Å². The van der Waals surface area contributed by atoms with E-state index in [1.165, 1.54) is 7.11 Å². The zero-order chi connectivity index (χ0) is 19.9. The zero-order valence-corrected chi connectivity index (χ0v) is 15.9. The van der Waals surface area contributed by atoms with Gasteiger partial charge in [-0.15, -0.1) is 0 Å². The van der Waals surface area contributed by atoms with E-state index in [4.69, 9.17) is 0 Å². The van der Waals surface area contributed by atoms with Crippen molar-refractivity contribution in [3.05, 3.63) is 65.7 Å². The molecule has 1 N–H and O–H groups in total. The highest BCUT2D eigenvalue weighted by molar-refractivity contribution is 6.11. The quantitative estimate of drug-likeness (QED) is 0.591. The highest BCUT2D eigenvalue weighted by Crippen LogP contribution is 2.29. The van der Waals surface area contributed by atoms with Crippen LogP contribution in [-0.4, -0.2) is 31.4 Å². The Morgan fingerprint density at radius 2 is 1.71 bits per heavy atom. The summed E-state index contributed by atoms with van der Waals surface area (Å²) in [5, 5.41) is 2.86. The van der Waals surface area contributed by atoms with Crippen LogP contribution in [0.25, 0.3) is 0 Å². The number of amides is 2. The lowest BCUT2D eigenvalue weighted by Gasteiger charge is -2.25. The number of hydrogen-bond acceptors (Lipinski definition) is 4. The Balaban J connectivity index is 1.80. The lowest BCUT2D eigenvalue weighted by atomic mass is 10.1. The molecule has 2 amide bonds. The molecular weight excluding hydrogens is 356 g/mol. The molecule has 2 aromatic carbocycles. The van der Waals surface area contributed by atoms with Gasteiger partial charge >= 0.3 is 5.97 Å². The second kappa shape index (κ2) is 9.17. The summed E-state index contributed by atoms with van der Waals surface area (Å²) in [7, 11) is 1.38. The number of benzene rings is 2. The number of carbonyl (C=O) groups is 3. The van der Waals surface area contributed by atoms with Crippen molar-refractivity contribution >= 4 is 23.5 Å². The molecule has 3 rings (SSSR count). The minimum absolute atomic E-state index is 0.155. The molecule has 1 aliphatic heterocycles. The Bertz CT molecular complexity index is 851. The van der Waals surface area contributed by atoms with Crippen LogP contribution in [0.5, 0.6) is 0 Å². The number of anilines is 1. The third-order valence-corrected chi connectivity index (χ3v) is 4.85. The molecule has 0 aliphatic carbocycles. The molecule has 1 atom stereocenters. The Morgan fingerprint density at radius 1 is 1.00 bits per heavy atom. The molecule has 0 saturated carbocycles. The molecule has 0 aromatic heterocycles. The van der Waals surface area contributed by atoms with E-state index < -0.39 is 6.04 Å². The van der Waals surface area contributed by atoms with Crippen LogP contribution < -0.4 is 10.2 Å². The van der Waals surface area contributed by atoms with Crippen LogP contribution in [0.2, 0.25) is 0 Å². The number of unbranched alkanes of at least 4 members (excludes halogenated alkanes) is 2. The van der Waals surface area contributed by atoms with Gasteiger partial charge in [-0.25, -0.2) is 0 Å². The largest absolute Gasteiger partial charge is 0.469 e. The summed E-state index contributed by atoms with van der Waals surface area (Å²) in [6, 6.07) is 15.7. The summed E-state index contributed by atoms with van der Waals surface area (Å²) in [6.45, 7) is 0.481. The number of hydrogen-bond donors (Lipinski definition) is 1. The molecule has 6 heteroatoms. The van der Waals surface area contributed by atoms with Crippen molar-refractivity contribution < 1.29 is 19.1 Å². The predicted molar refractivity (Wildman–Crippen MR) is 106 cm³/mol. The molecule has 6 nitrogen and oxygen atoms in total. The number of para-hydroxylation sites is 1. The third-order valence-electron chi connectivity index (χ3n) is 4.85. The van der Waals surface area contributed by atoms with Gasteiger partial charge in [0, 0.05) is 13.0 Å². The number of fused-ring (bicyclic) bond motifs is 1. The SMILES string of the molecule is COC(=O)CCCCCN1C(=O)C(c2ccccc2)NC(=O)c2ccccc21. The fourth-order valence-corrected chi connectivity index (χ4v) is 3.37. The monoisotopic (exact) mass is 380 g/mol. The number of rotatable bonds is 7. The van der Waals surface area contributed by atoms with Crippen molar-refractivity contribution in [3.63, 3.8) is 0 Å². The molecule has 146 valence electrons. The highest BCUT2D eigenvalue weighted by Gasteiger charge is 2.34.